The van der Waals surface area contributed by atoms with E-state index >= 15 is 0 Å². The summed E-state index contributed by atoms with van der Waals surface area (Å²) in [6.45, 7) is 19.4. The van der Waals surface area contributed by atoms with Gasteiger partial charge in [-0.05, 0) is 91.0 Å². The summed E-state index contributed by atoms with van der Waals surface area (Å²) >= 11 is 13.3. The number of piperazine rings is 2. The first-order valence-electron chi connectivity index (χ1n) is 20.9. The highest BCUT2D eigenvalue weighted by molar-refractivity contribution is 8.27. The molecule has 16 nitrogen and oxygen atoms in total. The van der Waals surface area contributed by atoms with Crippen LogP contribution in [0.5, 0.6) is 0 Å². The largest absolute Gasteiger partial charge is 0.481 e. The van der Waals surface area contributed by atoms with Gasteiger partial charge in [0.2, 0.25) is 0 Å². The normalized spacial score (nSPS) is 18.9. The number of aromatic nitrogens is 4. The summed E-state index contributed by atoms with van der Waals surface area (Å²) < 4.78 is 4.16. The van der Waals surface area contributed by atoms with Gasteiger partial charge in [0.1, 0.15) is 31.6 Å². The molecule has 0 spiro atoms. The molecule has 8 rings (SSSR count). The van der Waals surface area contributed by atoms with Crippen molar-refractivity contribution in [3.8, 4) is 0 Å². The van der Waals surface area contributed by atoms with E-state index in [1.165, 1.54) is 23.5 Å². The molecule has 64 heavy (non-hydrogen) atoms. The zero-order valence-corrected chi connectivity index (χ0v) is 40.8. The van der Waals surface area contributed by atoms with E-state index in [0.717, 1.165) is 70.4 Å². The summed E-state index contributed by atoms with van der Waals surface area (Å²) in [5, 5.41) is 7.42. The Bertz CT molecular complexity index is 2520. The second-order valence-corrected chi connectivity index (χ2v) is 19.9. The van der Waals surface area contributed by atoms with Crippen molar-refractivity contribution < 1.29 is 19.5 Å². The predicted molar refractivity (Wildman–Crippen MR) is 265 cm³/mol. The first-order chi connectivity index (χ1) is 30.2. The molecule has 0 aliphatic carbocycles. The molecule has 0 aromatic carbocycles. The number of fused-ring (bicyclic) bond motifs is 2. The van der Waals surface area contributed by atoms with Crippen molar-refractivity contribution in [1.29, 1.82) is 0 Å². The topological polar surface area (TPSA) is 160 Å². The average Bonchev–Trinajstić information content (AvgIpc) is 3.68. The molecular weight excluding hydrogens is 893 g/mol. The number of carbonyl (C=O) groups excluding carboxylic acids is 2. The molecule has 4 aliphatic rings. The molecule has 340 valence electrons. The number of likely N-dealkylation sites (N-methyl/N-ethyl adjacent to an activating group) is 2. The van der Waals surface area contributed by atoms with Gasteiger partial charge in [-0.2, -0.15) is 0 Å². The highest BCUT2D eigenvalue weighted by atomic mass is 32.2. The van der Waals surface area contributed by atoms with Crippen LogP contribution >= 0.6 is 48.0 Å². The van der Waals surface area contributed by atoms with E-state index in [0.29, 0.717) is 52.5 Å². The molecule has 4 aromatic rings. The van der Waals surface area contributed by atoms with Crippen molar-refractivity contribution in [3.63, 3.8) is 0 Å². The number of hydrogen-bond acceptors (Lipinski definition) is 15. The Morgan fingerprint density at radius 3 is 1.27 bits per heavy atom. The molecule has 4 aromatic heterocycles. The maximum atomic E-state index is 13.5. The number of carbonyl (C=O) groups is 3. The fourth-order valence-corrected chi connectivity index (χ4v) is 10.4. The van der Waals surface area contributed by atoms with Crippen molar-refractivity contribution in [1.82, 2.24) is 38.4 Å². The number of hydrogen-bond donors (Lipinski definition) is 1. The third-order valence-corrected chi connectivity index (χ3v) is 13.5. The van der Waals surface area contributed by atoms with Gasteiger partial charge in [0.25, 0.3) is 28.9 Å². The summed E-state index contributed by atoms with van der Waals surface area (Å²) in [6.07, 6.45) is 6.93. The number of rotatable bonds is 6. The van der Waals surface area contributed by atoms with Gasteiger partial charge in [-0.3, -0.25) is 42.6 Å². The summed E-state index contributed by atoms with van der Waals surface area (Å²) in [5.74, 6) is 0.120. The van der Waals surface area contributed by atoms with E-state index in [4.69, 9.17) is 44.3 Å². The highest BCUT2D eigenvalue weighted by Crippen LogP contribution is 2.36. The molecule has 0 saturated carbocycles. The smallest absolute Gasteiger partial charge is 0.300 e. The lowest BCUT2D eigenvalue weighted by atomic mass is 10.2. The number of thioether (sulfide) groups is 2. The number of amides is 2. The van der Waals surface area contributed by atoms with Gasteiger partial charge >= 0.3 is 0 Å². The minimum atomic E-state index is -0.833. The quantitative estimate of drug-likeness (QED) is 0.207. The summed E-state index contributed by atoms with van der Waals surface area (Å²) in [4.78, 5) is 84.3. The predicted octanol–water partition coefficient (Wildman–Crippen LogP) is 4.82. The zero-order chi connectivity index (χ0) is 46.7. The molecule has 0 unspecified atom stereocenters. The minimum absolute atomic E-state index is 0.0287. The fraction of sp³-hybridized carbons (Fsp3) is 0.432. The Hall–Kier alpha value is -4.99. The first kappa shape index (κ1) is 48.5. The van der Waals surface area contributed by atoms with Crippen LogP contribution in [0.15, 0.2) is 56.1 Å². The molecular formula is C44H54N10O6S4. The molecule has 8 heterocycles. The van der Waals surface area contributed by atoms with Crippen LogP contribution in [0, 0.1) is 13.8 Å². The summed E-state index contributed by atoms with van der Waals surface area (Å²) in [7, 11) is 4.17. The van der Waals surface area contributed by atoms with Crippen molar-refractivity contribution in [3.05, 3.63) is 89.4 Å². The van der Waals surface area contributed by atoms with Gasteiger partial charge in [0.15, 0.2) is 0 Å². The molecule has 4 fully saturated rings. The molecule has 0 atom stereocenters. The molecule has 1 N–H and O–H groups in total. The highest BCUT2D eigenvalue weighted by Gasteiger charge is 2.36. The number of thiocarbonyl (C=S) groups is 2. The zero-order valence-electron chi connectivity index (χ0n) is 37.5. The lowest BCUT2D eigenvalue weighted by Crippen LogP contribution is -2.45. The molecule has 4 aliphatic heterocycles. The minimum Gasteiger partial charge on any atom is -0.481 e. The number of anilines is 2. The van der Waals surface area contributed by atoms with E-state index in [9.17, 15) is 19.2 Å². The molecule has 2 amide bonds. The van der Waals surface area contributed by atoms with Crippen molar-refractivity contribution in [2.75, 3.05) is 76.3 Å². The number of aryl methyl sites for hydroxylation is 2. The van der Waals surface area contributed by atoms with E-state index in [2.05, 4.69) is 33.7 Å². The number of carboxylic acid groups (broad SMARTS) is 1. The van der Waals surface area contributed by atoms with Gasteiger partial charge < -0.3 is 24.7 Å². The van der Waals surface area contributed by atoms with Crippen molar-refractivity contribution in [2.24, 2.45) is 0 Å². The second kappa shape index (κ2) is 20.5. The second-order valence-electron chi connectivity index (χ2n) is 16.6. The maximum Gasteiger partial charge on any atom is 0.300 e. The van der Waals surface area contributed by atoms with Gasteiger partial charge in [-0.1, -0.05) is 60.1 Å². The Morgan fingerprint density at radius 2 is 0.969 bits per heavy atom. The maximum absolute atomic E-state index is 13.5. The van der Waals surface area contributed by atoms with Gasteiger partial charge in [-0.15, -0.1) is 0 Å². The number of carboxylic acids is 1. The standard InChI is InChI=1S/2C21H25N5O2S2.C2H4O2/c2*1-13(2)26-20(28)16(30-21(26)29)11-15-18(24-9-7-23(4)8-10-24)22-17-6-5-14(3)12-25(17)19(15)27;1-2(3)4/h2*5-6,11-13H,7-10H2,1-4H3;1H3,(H,3,4)/b2*16-11-;. The lowest BCUT2D eigenvalue weighted by Gasteiger charge is -2.34. The Labute approximate surface area is 391 Å². The molecule has 0 radical (unpaired) electrons. The Kier molecular flexibility index (Phi) is 15.5. The summed E-state index contributed by atoms with van der Waals surface area (Å²) in [5.41, 5.74) is 3.67. The monoisotopic (exact) mass is 946 g/mol. The van der Waals surface area contributed by atoms with Crippen LogP contribution < -0.4 is 20.9 Å². The van der Waals surface area contributed by atoms with Crippen LogP contribution in [0.3, 0.4) is 0 Å². The van der Waals surface area contributed by atoms with Gasteiger partial charge in [-0.25, -0.2) is 9.97 Å². The summed E-state index contributed by atoms with van der Waals surface area (Å²) in [6, 6.07) is 7.56. The third kappa shape index (κ3) is 10.7. The van der Waals surface area contributed by atoms with Crippen molar-refractivity contribution >= 4 is 109 Å². The SMILES string of the molecule is CC(=O)O.Cc1ccc2nc(N3CCN(C)CC3)c(/C=C3\SC(=S)N(C(C)C)C3=O)c(=O)n2c1.Cc1ccc2nc(N3CCN(C)CC3)c(/C=C3\SC(=S)N(C(C)C)C3=O)c(=O)n2c1. The fourth-order valence-electron chi connectivity index (χ4n) is 7.38. The van der Waals surface area contributed by atoms with Crippen LogP contribution in [-0.2, 0) is 14.4 Å². The third-order valence-electron chi connectivity index (χ3n) is 10.8. The number of nitrogens with zero attached hydrogens (tertiary/aromatic N) is 10. The van der Waals surface area contributed by atoms with Crippen LogP contribution in [0.25, 0.3) is 23.4 Å². The molecule has 20 heteroatoms. The number of aliphatic carboxylic acids is 1. The van der Waals surface area contributed by atoms with Crippen molar-refractivity contribution in [2.45, 2.75) is 60.5 Å². The molecule has 0 bridgehead atoms. The average molecular weight is 947 g/mol. The first-order valence-corrected chi connectivity index (χ1v) is 23.4. The van der Waals surface area contributed by atoms with Gasteiger partial charge in [0.05, 0.1) is 20.9 Å². The van der Waals surface area contributed by atoms with Crippen LogP contribution in [0.2, 0.25) is 0 Å². The molecule has 4 saturated heterocycles. The van der Waals surface area contributed by atoms with E-state index < -0.39 is 5.97 Å². The Morgan fingerprint density at radius 1 is 0.641 bits per heavy atom. The van der Waals surface area contributed by atoms with E-state index in [1.54, 1.807) is 43.1 Å². The van der Waals surface area contributed by atoms with E-state index in [-0.39, 0.29) is 35.0 Å². The van der Waals surface area contributed by atoms with Gasteiger partial charge in [0, 0.05) is 83.8 Å². The van der Waals surface area contributed by atoms with Crippen LogP contribution in [-0.4, -0.2) is 148 Å². The van der Waals surface area contributed by atoms with Crippen LogP contribution in [0.4, 0.5) is 11.6 Å². The van der Waals surface area contributed by atoms with Crippen LogP contribution in [0.1, 0.15) is 56.9 Å². The Balaban J connectivity index is 0.000000196. The number of pyridine rings is 2. The lowest BCUT2D eigenvalue weighted by molar-refractivity contribution is -0.134. The van der Waals surface area contributed by atoms with E-state index in [1.807, 2.05) is 65.8 Å².